The van der Waals surface area contributed by atoms with E-state index in [4.69, 9.17) is 25.8 Å². The standard InChI is InChI=1S/C22H31ClN4O8S/c1-33-12-13-34-22(29)27-16-4-7-19(27)20(21(28)24-30)26(14-16)36(31,32)25-10-8-18(9-11-25)35-17-5-2-15(23)3-6-17/h2-3,5-6,16,18-20,30H,4,7-14H2,1H3,(H,24,28)/t16-,19+,20-/m1/s1. The molecule has 3 saturated heterocycles. The van der Waals surface area contributed by atoms with Crippen LogP contribution in [0.4, 0.5) is 4.79 Å². The Morgan fingerprint density at radius 3 is 2.44 bits per heavy atom. The fraction of sp³-hybridized carbons (Fsp3) is 0.636. The number of fused-ring (bicyclic) bond motifs is 2. The van der Waals surface area contributed by atoms with Gasteiger partial charge in [-0.1, -0.05) is 11.6 Å². The van der Waals surface area contributed by atoms with E-state index in [0.29, 0.717) is 36.5 Å². The van der Waals surface area contributed by atoms with Crippen LogP contribution in [0, 0.1) is 0 Å². The smallest absolute Gasteiger partial charge is 0.410 e. The highest BCUT2D eigenvalue weighted by Crippen LogP contribution is 2.37. The minimum absolute atomic E-state index is 0.0389. The van der Waals surface area contributed by atoms with E-state index in [1.807, 2.05) is 0 Å². The third kappa shape index (κ3) is 5.55. The first-order chi connectivity index (χ1) is 17.3. The molecule has 3 fully saturated rings. The number of piperazine rings is 1. The van der Waals surface area contributed by atoms with E-state index in [2.05, 4.69) is 0 Å². The zero-order chi connectivity index (χ0) is 25.9. The molecule has 14 heteroatoms. The maximum atomic E-state index is 13.7. The van der Waals surface area contributed by atoms with Crippen LogP contribution in [0.5, 0.6) is 5.75 Å². The van der Waals surface area contributed by atoms with Gasteiger partial charge in [-0.25, -0.2) is 10.3 Å². The molecule has 12 nitrogen and oxygen atoms in total. The van der Waals surface area contributed by atoms with E-state index >= 15 is 0 Å². The molecule has 3 atom stereocenters. The highest BCUT2D eigenvalue weighted by Gasteiger charge is 2.56. The van der Waals surface area contributed by atoms with Gasteiger partial charge in [-0.3, -0.25) is 14.9 Å². The molecule has 2 amide bonds. The second-order valence-electron chi connectivity index (χ2n) is 8.98. The number of methoxy groups -OCH3 is 1. The number of rotatable bonds is 8. The third-order valence-electron chi connectivity index (χ3n) is 6.85. The molecule has 1 aromatic rings. The molecule has 1 aromatic carbocycles. The first-order valence-corrected chi connectivity index (χ1v) is 13.6. The number of hydrogen-bond acceptors (Lipinski definition) is 8. The quantitative estimate of drug-likeness (QED) is 0.282. The van der Waals surface area contributed by atoms with Crippen molar-refractivity contribution in [3.63, 3.8) is 0 Å². The van der Waals surface area contributed by atoms with Crippen molar-refractivity contribution < 1.29 is 37.4 Å². The van der Waals surface area contributed by atoms with Gasteiger partial charge in [-0.2, -0.15) is 17.0 Å². The highest BCUT2D eigenvalue weighted by atomic mass is 35.5. The highest BCUT2D eigenvalue weighted by molar-refractivity contribution is 7.86. The van der Waals surface area contributed by atoms with Gasteiger partial charge in [0.2, 0.25) is 0 Å². The van der Waals surface area contributed by atoms with Crippen LogP contribution in [0.15, 0.2) is 24.3 Å². The molecule has 3 aliphatic heterocycles. The Kier molecular flexibility index (Phi) is 8.58. The van der Waals surface area contributed by atoms with Crippen molar-refractivity contribution in [2.24, 2.45) is 0 Å². The molecule has 0 spiro atoms. The number of amides is 2. The van der Waals surface area contributed by atoms with Gasteiger partial charge in [0.05, 0.1) is 12.6 Å². The lowest BCUT2D eigenvalue weighted by molar-refractivity contribution is -0.136. The second kappa shape index (κ2) is 11.5. The number of benzene rings is 1. The van der Waals surface area contributed by atoms with Crippen LogP contribution in [0.2, 0.25) is 5.02 Å². The monoisotopic (exact) mass is 546 g/mol. The number of carbonyl (C=O) groups is 2. The average Bonchev–Trinajstić information content (AvgIpc) is 3.18. The molecule has 0 saturated carbocycles. The summed E-state index contributed by atoms with van der Waals surface area (Å²) in [6.45, 7) is 0.605. The minimum atomic E-state index is -4.06. The number of nitrogens with zero attached hydrogens (tertiary/aromatic N) is 3. The Balaban J connectivity index is 1.45. The molecule has 0 aliphatic carbocycles. The maximum Gasteiger partial charge on any atom is 0.410 e. The van der Waals surface area contributed by atoms with Crippen molar-refractivity contribution in [1.29, 1.82) is 0 Å². The lowest BCUT2D eigenvalue weighted by atomic mass is 10.1. The Bertz CT molecular complexity index is 1030. The number of piperidine rings is 1. The lowest BCUT2D eigenvalue weighted by Gasteiger charge is -2.46. The van der Waals surface area contributed by atoms with E-state index in [1.54, 1.807) is 29.7 Å². The predicted molar refractivity (Wildman–Crippen MR) is 128 cm³/mol. The molecule has 0 unspecified atom stereocenters. The zero-order valence-corrected chi connectivity index (χ0v) is 21.5. The van der Waals surface area contributed by atoms with E-state index < -0.39 is 40.3 Å². The van der Waals surface area contributed by atoms with E-state index in [-0.39, 0.29) is 39.0 Å². The van der Waals surface area contributed by atoms with Gasteiger partial charge in [0.15, 0.2) is 0 Å². The van der Waals surface area contributed by atoms with Crippen LogP contribution in [-0.4, -0.2) is 103 Å². The molecule has 200 valence electrons. The Morgan fingerprint density at radius 2 is 1.81 bits per heavy atom. The van der Waals surface area contributed by atoms with Gasteiger partial charge >= 0.3 is 6.09 Å². The van der Waals surface area contributed by atoms with Crippen LogP contribution >= 0.6 is 11.6 Å². The number of nitrogens with one attached hydrogen (secondary N) is 1. The zero-order valence-electron chi connectivity index (χ0n) is 19.9. The first kappa shape index (κ1) is 26.9. The Hall–Kier alpha value is -2.16. The predicted octanol–water partition coefficient (Wildman–Crippen LogP) is 1.23. The van der Waals surface area contributed by atoms with Crippen LogP contribution in [0.25, 0.3) is 0 Å². The van der Waals surface area contributed by atoms with Crippen molar-refractivity contribution in [1.82, 2.24) is 19.0 Å². The largest absolute Gasteiger partial charge is 0.490 e. The SMILES string of the molecule is COCCOC(=O)N1[C@@H]2CC[C@H]1[C@H](C(=O)NO)N(S(=O)(=O)N1CCC(Oc3ccc(Cl)cc3)CC1)C2. The van der Waals surface area contributed by atoms with Crippen molar-refractivity contribution in [2.45, 2.75) is 49.9 Å². The molecule has 3 aliphatic rings. The molecule has 36 heavy (non-hydrogen) atoms. The van der Waals surface area contributed by atoms with Gasteiger partial charge in [0.1, 0.15) is 24.5 Å². The molecule has 2 bridgehead atoms. The second-order valence-corrected chi connectivity index (χ2v) is 11.3. The fourth-order valence-corrected chi connectivity index (χ4v) is 7.11. The maximum absolute atomic E-state index is 13.7. The van der Waals surface area contributed by atoms with Crippen molar-refractivity contribution in [3.05, 3.63) is 29.3 Å². The number of hydroxylamine groups is 1. The summed E-state index contributed by atoms with van der Waals surface area (Å²) in [5.41, 5.74) is 1.58. The summed E-state index contributed by atoms with van der Waals surface area (Å²) in [5.74, 6) is -0.231. The molecular formula is C22H31ClN4O8S. The van der Waals surface area contributed by atoms with Gasteiger partial charge in [0.25, 0.3) is 16.1 Å². The summed E-state index contributed by atoms with van der Waals surface area (Å²) in [6, 6.07) is 4.50. The van der Waals surface area contributed by atoms with Crippen molar-refractivity contribution in [2.75, 3.05) is 40.0 Å². The summed E-state index contributed by atoms with van der Waals surface area (Å²) >= 11 is 5.91. The first-order valence-electron chi connectivity index (χ1n) is 11.8. The molecule has 2 N–H and O–H groups in total. The average molecular weight is 547 g/mol. The van der Waals surface area contributed by atoms with Gasteiger partial charge in [-0.15, -0.1) is 0 Å². The van der Waals surface area contributed by atoms with Crippen LogP contribution in [-0.2, 0) is 24.5 Å². The fourth-order valence-electron chi connectivity index (χ4n) is 5.13. The van der Waals surface area contributed by atoms with Gasteiger partial charge < -0.3 is 14.2 Å². The molecular weight excluding hydrogens is 516 g/mol. The van der Waals surface area contributed by atoms with E-state index in [9.17, 15) is 23.2 Å². The van der Waals surface area contributed by atoms with Gasteiger partial charge in [0, 0.05) is 37.8 Å². The summed E-state index contributed by atoms with van der Waals surface area (Å²) < 4.78 is 45.9. The third-order valence-corrected chi connectivity index (χ3v) is 9.09. The van der Waals surface area contributed by atoms with Crippen LogP contribution < -0.4 is 10.2 Å². The van der Waals surface area contributed by atoms with Crippen molar-refractivity contribution in [3.8, 4) is 5.75 Å². The van der Waals surface area contributed by atoms with Crippen LogP contribution in [0.1, 0.15) is 25.7 Å². The summed E-state index contributed by atoms with van der Waals surface area (Å²) in [7, 11) is -2.58. The molecule has 4 rings (SSSR count). The number of ether oxygens (including phenoxy) is 3. The normalized spacial score (nSPS) is 25.5. The molecule has 3 heterocycles. The Labute approximate surface area is 215 Å². The van der Waals surface area contributed by atoms with E-state index in [0.717, 1.165) is 4.31 Å². The number of halogens is 1. The lowest BCUT2D eigenvalue weighted by Crippen LogP contribution is -2.68. The minimum Gasteiger partial charge on any atom is -0.490 e. The van der Waals surface area contributed by atoms with Crippen LogP contribution in [0.3, 0.4) is 0 Å². The number of carbonyl (C=O) groups excluding carboxylic acids is 2. The van der Waals surface area contributed by atoms with Crippen molar-refractivity contribution >= 4 is 33.8 Å². The summed E-state index contributed by atoms with van der Waals surface area (Å²) in [6.07, 6.45) is 1.07. The Morgan fingerprint density at radius 1 is 1.11 bits per heavy atom. The molecule has 0 aromatic heterocycles. The van der Waals surface area contributed by atoms with E-state index in [1.165, 1.54) is 16.3 Å². The number of hydrogen-bond donors (Lipinski definition) is 2. The van der Waals surface area contributed by atoms with Gasteiger partial charge in [-0.05, 0) is 49.9 Å². The summed E-state index contributed by atoms with van der Waals surface area (Å²) in [5, 5.41) is 9.99. The summed E-state index contributed by atoms with van der Waals surface area (Å²) in [4.78, 5) is 26.8. The molecule has 0 radical (unpaired) electrons. The topological polar surface area (TPSA) is 138 Å².